The third kappa shape index (κ3) is 7.31. The SMILES string of the molecule is Cc1ccc(NC(=O)CCNC(=O)OC(C)(C)C)cc1I. The van der Waals surface area contributed by atoms with E-state index in [0.717, 1.165) is 9.26 Å². The lowest BCUT2D eigenvalue weighted by molar-refractivity contribution is -0.116. The standard InChI is InChI=1S/C15H21IN2O3/c1-10-5-6-11(9-12(10)16)18-13(19)7-8-17-14(20)21-15(2,3)4/h5-6,9H,7-8H2,1-4H3,(H,17,20)(H,18,19). The van der Waals surface area contributed by atoms with Crippen molar-refractivity contribution in [2.75, 3.05) is 11.9 Å². The number of amides is 2. The molecule has 0 heterocycles. The number of carbonyl (C=O) groups excluding carboxylic acids is 2. The van der Waals surface area contributed by atoms with Crippen molar-refractivity contribution in [2.45, 2.75) is 39.7 Å². The average molecular weight is 404 g/mol. The van der Waals surface area contributed by atoms with Gasteiger partial charge in [-0.3, -0.25) is 4.79 Å². The molecular formula is C15H21IN2O3. The summed E-state index contributed by atoms with van der Waals surface area (Å²) in [6, 6.07) is 5.72. The molecule has 2 N–H and O–H groups in total. The molecule has 1 rings (SSSR count). The highest BCUT2D eigenvalue weighted by Gasteiger charge is 2.15. The molecule has 1 aromatic carbocycles. The largest absolute Gasteiger partial charge is 0.444 e. The van der Waals surface area contributed by atoms with Gasteiger partial charge in [-0.15, -0.1) is 0 Å². The van der Waals surface area contributed by atoms with Crippen LogP contribution in [0, 0.1) is 10.5 Å². The zero-order valence-corrected chi connectivity index (χ0v) is 14.9. The van der Waals surface area contributed by atoms with Crippen molar-refractivity contribution >= 4 is 40.3 Å². The van der Waals surface area contributed by atoms with E-state index in [9.17, 15) is 9.59 Å². The zero-order valence-electron chi connectivity index (χ0n) is 12.7. The van der Waals surface area contributed by atoms with Gasteiger partial charge in [0, 0.05) is 22.2 Å². The van der Waals surface area contributed by atoms with Crippen molar-refractivity contribution in [1.82, 2.24) is 5.32 Å². The molecule has 1 aromatic rings. The van der Waals surface area contributed by atoms with Crippen LogP contribution >= 0.6 is 22.6 Å². The molecule has 0 bridgehead atoms. The topological polar surface area (TPSA) is 67.4 Å². The number of halogens is 1. The van der Waals surface area contributed by atoms with Gasteiger partial charge in [0.1, 0.15) is 5.60 Å². The molecule has 0 saturated carbocycles. The normalized spacial score (nSPS) is 10.9. The molecular weight excluding hydrogens is 383 g/mol. The highest BCUT2D eigenvalue weighted by Crippen LogP contribution is 2.17. The molecule has 0 aromatic heterocycles. The van der Waals surface area contributed by atoms with Crippen LogP contribution in [0.15, 0.2) is 18.2 Å². The Morgan fingerprint density at radius 2 is 1.95 bits per heavy atom. The molecule has 0 spiro atoms. The van der Waals surface area contributed by atoms with Crippen LogP contribution in [-0.2, 0) is 9.53 Å². The van der Waals surface area contributed by atoms with Crippen LogP contribution in [0.2, 0.25) is 0 Å². The number of benzene rings is 1. The highest BCUT2D eigenvalue weighted by atomic mass is 127. The molecule has 0 aliphatic carbocycles. The van der Waals surface area contributed by atoms with Crippen LogP contribution in [0.4, 0.5) is 10.5 Å². The second kappa shape index (κ2) is 7.63. The first-order chi connectivity index (χ1) is 9.67. The van der Waals surface area contributed by atoms with Gasteiger partial charge < -0.3 is 15.4 Å². The maximum Gasteiger partial charge on any atom is 0.407 e. The second-order valence-electron chi connectivity index (χ2n) is 5.69. The third-order valence-electron chi connectivity index (χ3n) is 2.48. The van der Waals surface area contributed by atoms with E-state index >= 15 is 0 Å². The van der Waals surface area contributed by atoms with Gasteiger partial charge in [-0.2, -0.15) is 0 Å². The summed E-state index contributed by atoms with van der Waals surface area (Å²) in [4.78, 5) is 23.2. The number of hydrogen-bond donors (Lipinski definition) is 2. The number of alkyl carbamates (subject to hydrolysis) is 1. The van der Waals surface area contributed by atoms with Gasteiger partial charge in [0.2, 0.25) is 5.91 Å². The van der Waals surface area contributed by atoms with Gasteiger partial charge in [-0.05, 0) is 68.0 Å². The first-order valence-electron chi connectivity index (χ1n) is 6.70. The van der Waals surface area contributed by atoms with E-state index in [4.69, 9.17) is 4.74 Å². The van der Waals surface area contributed by atoms with E-state index < -0.39 is 11.7 Å². The molecule has 2 amide bonds. The van der Waals surface area contributed by atoms with Gasteiger partial charge >= 0.3 is 6.09 Å². The molecule has 0 unspecified atom stereocenters. The lowest BCUT2D eigenvalue weighted by atomic mass is 10.2. The fourth-order valence-corrected chi connectivity index (χ4v) is 2.00. The first kappa shape index (κ1) is 17.7. The van der Waals surface area contributed by atoms with Crippen LogP contribution in [0.5, 0.6) is 0 Å². The molecule has 0 radical (unpaired) electrons. The van der Waals surface area contributed by atoms with E-state index in [1.807, 2.05) is 25.1 Å². The smallest absolute Gasteiger partial charge is 0.407 e. The maximum atomic E-state index is 11.8. The summed E-state index contributed by atoms with van der Waals surface area (Å²) < 4.78 is 6.18. The highest BCUT2D eigenvalue weighted by molar-refractivity contribution is 14.1. The Balaban J connectivity index is 2.34. The van der Waals surface area contributed by atoms with Gasteiger partial charge in [0.15, 0.2) is 0 Å². The minimum absolute atomic E-state index is 0.147. The summed E-state index contributed by atoms with van der Waals surface area (Å²) in [5.74, 6) is -0.147. The average Bonchev–Trinajstić information content (AvgIpc) is 2.31. The van der Waals surface area contributed by atoms with Crippen LogP contribution in [0.25, 0.3) is 0 Å². The Morgan fingerprint density at radius 1 is 1.29 bits per heavy atom. The summed E-state index contributed by atoms with van der Waals surface area (Å²) >= 11 is 2.22. The van der Waals surface area contributed by atoms with Gasteiger partial charge in [-0.25, -0.2) is 4.79 Å². The van der Waals surface area contributed by atoms with Crippen LogP contribution in [0.3, 0.4) is 0 Å². The molecule has 116 valence electrons. The van der Waals surface area contributed by atoms with Crippen molar-refractivity contribution in [3.05, 3.63) is 27.3 Å². The second-order valence-corrected chi connectivity index (χ2v) is 6.85. The quantitative estimate of drug-likeness (QED) is 0.756. The number of hydrogen-bond acceptors (Lipinski definition) is 3. The van der Waals surface area contributed by atoms with Crippen LogP contribution in [-0.4, -0.2) is 24.1 Å². The Labute approximate surface area is 139 Å². The zero-order chi connectivity index (χ0) is 16.0. The monoisotopic (exact) mass is 404 g/mol. The Kier molecular flexibility index (Phi) is 6.44. The number of ether oxygens (including phenoxy) is 1. The third-order valence-corrected chi connectivity index (χ3v) is 3.64. The Morgan fingerprint density at radius 3 is 2.52 bits per heavy atom. The molecule has 6 heteroatoms. The number of aryl methyl sites for hydroxylation is 1. The summed E-state index contributed by atoms with van der Waals surface area (Å²) in [5.41, 5.74) is 1.39. The predicted octanol–water partition coefficient (Wildman–Crippen LogP) is 3.45. The van der Waals surface area contributed by atoms with Crippen molar-refractivity contribution in [1.29, 1.82) is 0 Å². The number of anilines is 1. The minimum Gasteiger partial charge on any atom is -0.444 e. The molecule has 0 atom stereocenters. The van der Waals surface area contributed by atoms with E-state index in [2.05, 4.69) is 33.2 Å². The van der Waals surface area contributed by atoms with E-state index in [1.165, 1.54) is 5.56 Å². The van der Waals surface area contributed by atoms with Crippen LogP contribution in [0.1, 0.15) is 32.8 Å². The number of nitrogens with one attached hydrogen (secondary N) is 2. The lowest BCUT2D eigenvalue weighted by Gasteiger charge is -2.19. The summed E-state index contributed by atoms with van der Waals surface area (Å²) in [6.45, 7) is 7.62. The molecule has 0 aliphatic heterocycles. The number of carbonyl (C=O) groups is 2. The maximum absolute atomic E-state index is 11.8. The Hall–Kier alpha value is -1.31. The van der Waals surface area contributed by atoms with Gasteiger partial charge in [0.25, 0.3) is 0 Å². The molecule has 0 saturated heterocycles. The molecule has 0 fully saturated rings. The molecule has 21 heavy (non-hydrogen) atoms. The minimum atomic E-state index is -0.537. The predicted molar refractivity (Wildman–Crippen MR) is 91.4 cm³/mol. The fraction of sp³-hybridized carbons (Fsp3) is 0.467. The summed E-state index contributed by atoms with van der Waals surface area (Å²) in [5, 5.41) is 5.35. The van der Waals surface area contributed by atoms with Crippen molar-refractivity contribution in [3.63, 3.8) is 0 Å². The van der Waals surface area contributed by atoms with E-state index in [1.54, 1.807) is 20.8 Å². The van der Waals surface area contributed by atoms with Crippen molar-refractivity contribution in [3.8, 4) is 0 Å². The van der Waals surface area contributed by atoms with Gasteiger partial charge in [-0.1, -0.05) is 6.07 Å². The fourth-order valence-electron chi connectivity index (χ4n) is 1.49. The summed E-state index contributed by atoms with van der Waals surface area (Å²) in [6.07, 6.45) is -0.316. The Bertz CT molecular complexity index is 524. The van der Waals surface area contributed by atoms with E-state index in [-0.39, 0.29) is 18.9 Å². The van der Waals surface area contributed by atoms with Gasteiger partial charge in [0.05, 0.1) is 0 Å². The van der Waals surface area contributed by atoms with E-state index in [0.29, 0.717) is 0 Å². The van der Waals surface area contributed by atoms with Crippen LogP contribution < -0.4 is 10.6 Å². The van der Waals surface area contributed by atoms with Crippen molar-refractivity contribution < 1.29 is 14.3 Å². The van der Waals surface area contributed by atoms with Crippen molar-refractivity contribution in [2.24, 2.45) is 0 Å². The first-order valence-corrected chi connectivity index (χ1v) is 7.78. The number of rotatable bonds is 4. The summed E-state index contributed by atoms with van der Waals surface area (Å²) in [7, 11) is 0. The molecule has 0 aliphatic rings. The molecule has 5 nitrogen and oxygen atoms in total. The lowest BCUT2D eigenvalue weighted by Crippen LogP contribution is -2.34.